The van der Waals surface area contributed by atoms with E-state index < -0.39 is 0 Å². The van der Waals surface area contributed by atoms with Crippen molar-refractivity contribution in [2.45, 2.75) is 38.6 Å². The fraction of sp³-hybridized carbons (Fsp3) is 0.600. The molecule has 2 nitrogen and oxygen atoms in total. The Bertz CT molecular complexity index is 350. The van der Waals surface area contributed by atoms with E-state index in [1.54, 1.807) is 7.11 Å². The molecular formula is C15H24ClNO. The van der Waals surface area contributed by atoms with Crippen LogP contribution in [0.25, 0.3) is 0 Å². The standard InChI is InChI=1S/C15H23NO.ClH/c1-13(16-10-6-3-7-11-16)12-14-8-4-5-9-15(14)17-2;/h4-5,8-9,13H,3,6-7,10-12H2,1-2H3;1H. The summed E-state index contributed by atoms with van der Waals surface area (Å²) >= 11 is 0. The van der Waals surface area contributed by atoms with Gasteiger partial charge in [0.15, 0.2) is 0 Å². The molecule has 0 bridgehead atoms. The first-order chi connectivity index (χ1) is 8.31. The van der Waals surface area contributed by atoms with E-state index >= 15 is 0 Å². The monoisotopic (exact) mass is 269 g/mol. The highest BCUT2D eigenvalue weighted by molar-refractivity contribution is 5.85. The molecule has 0 aliphatic carbocycles. The molecule has 0 saturated carbocycles. The van der Waals surface area contributed by atoms with E-state index in [0.29, 0.717) is 6.04 Å². The van der Waals surface area contributed by atoms with Gasteiger partial charge in [-0.1, -0.05) is 24.6 Å². The molecule has 0 N–H and O–H groups in total. The average molecular weight is 270 g/mol. The Morgan fingerprint density at radius 3 is 2.50 bits per heavy atom. The van der Waals surface area contributed by atoms with Crippen molar-refractivity contribution in [3.8, 4) is 5.75 Å². The van der Waals surface area contributed by atoms with Crippen LogP contribution >= 0.6 is 12.4 Å². The molecule has 2 rings (SSSR count). The van der Waals surface area contributed by atoms with Gasteiger partial charge < -0.3 is 9.64 Å². The molecule has 102 valence electrons. The molecule has 1 aliphatic rings. The Morgan fingerprint density at radius 1 is 1.17 bits per heavy atom. The number of likely N-dealkylation sites (tertiary alicyclic amines) is 1. The Labute approximate surface area is 117 Å². The summed E-state index contributed by atoms with van der Waals surface area (Å²) in [5, 5.41) is 0. The highest BCUT2D eigenvalue weighted by atomic mass is 35.5. The maximum atomic E-state index is 5.42. The molecule has 18 heavy (non-hydrogen) atoms. The molecule has 3 heteroatoms. The van der Waals surface area contributed by atoms with E-state index in [-0.39, 0.29) is 12.4 Å². The van der Waals surface area contributed by atoms with Crippen LogP contribution in [0.15, 0.2) is 24.3 Å². The largest absolute Gasteiger partial charge is 0.496 e. The van der Waals surface area contributed by atoms with E-state index in [2.05, 4.69) is 30.0 Å². The third kappa shape index (κ3) is 3.89. The molecule has 0 amide bonds. The topological polar surface area (TPSA) is 12.5 Å². The number of ether oxygens (including phenoxy) is 1. The van der Waals surface area contributed by atoms with Crippen molar-refractivity contribution in [3.63, 3.8) is 0 Å². The summed E-state index contributed by atoms with van der Waals surface area (Å²) in [5.74, 6) is 1.02. The fourth-order valence-electron chi connectivity index (χ4n) is 2.68. The number of methoxy groups -OCH3 is 1. The number of piperidine rings is 1. The Hall–Kier alpha value is -0.730. The van der Waals surface area contributed by atoms with E-state index in [4.69, 9.17) is 4.74 Å². The van der Waals surface area contributed by atoms with Gasteiger partial charge in [0.25, 0.3) is 0 Å². The molecule has 1 unspecified atom stereocenters. The van der Waals surface area contributed by atoms with E-state index in [0.717, 1.165) is 12.2 Å². The minimum Gasteiger partial charge on any atom is -0.496 e. The maximum Gasteiger partial charge on any atom is 0.122 e. The zero-order valence-electron chi connectivity index (χ0n) is 11.4. The van der Waals surface area contributed by atoms with Crippen molar-refractivity contribution >= 4 is 12.4 Å². The lowest BCUT2D eigenvalue weighted by atomic mass is 10.0. The van der Waals surface area contributed by atoms with Crippen molar-refractivity contribution in [1.82, 2.24) is 4.90 Å². The molecule has 0 radical (unpaired) electrons. The first-order valence-corrected chi connectivity index (χ1v) is 6.67. The summed E-state index contributed by atoms with van der Waals surface area (Å²) in [5.41, 5.74) is 1.33. The Kier molecular flexibility index (Phi) is 6.51. The highest BCUT2D eigenvalue weighted by Crippen LogP contribution is 2.22. The van der Waals surface area contributed by atoms with Gasteiger partial charge in [-0.25, -0.2) is 0 Å². The van der Waals surface area contributed by atoms with Crippen molar-refractivity contribution in [1.29, 1.82) is 0 Å². The van der Waals surface area contributed by atoms with Crippen LogP contribution in [-0.4, -0.2) is 31.1 Å². The number of rotatable bonds is 4. The SMILES string of the molecule is COc1ccccc1CC(C)N1CCCCC1.Cl. The smallest absolute Gasteiger partial charge is 0.122 e. The Morgan fingerprint density at radius 2 is 1.83 bits per heavy atom. The lowest BCUT2D eigenvalue weighted by molar-refractivity contribution is 0.172. The van der Waals surface area contributed by atoms with Crippen LogP contribution < -0.4 is 4.74 Å². The molecule has 1 aromatic rings. The summed E-state index contributed by atoms with van der Waals surface area (Å²) in [7, 11) is 1.75. The fourth-order valence-corrected chi connectivity index (χ4v) is 2.68. The summed E-state index contributed by atoms with van der Waals surface area (Å²) in [6, 6.07) is 8.98. The predicted octanol–water partition coefficient (Wildman–Crippen LogP) is 3.53. The van der Waals surface area contributed by atoms with Crippen LogP contribution in [0.1, 0.15) is 31.7 Å². The van der Waals surface area contributed by atoms with Gasteiger partial charge >= 0.3 is 0 Å². The predicted molar refractivity (Wildman–Crippen MR) is 78.8 cm³/mol. The van der Waals surface area contributed by atoms with Gasteiger partial charge in [-0.2, -0.15) is 0 Å². The number of benzene rings is 1. The first kappa shape index (κ1) is 15.3. The van der Waals surface area contributed by atoms with Gasteiger partial charge in [-0.15, -0.1) is 12.4 Å². The second kappa shape index (κ2) is 7.65. The van der Waals surface area contributed by atoms with Gasteiger partial charge in [-0.3, -0.25) is 0 Å². The lowest BCUT2D eigenvalue weighted by Crippen LogP contribution is -2.38. The second-order valence-electron chi connectivity index (χ2n) is 4.96. The number of hydrogen-bond acceptors (Lipinski definition) is 2. The first-order valence-electron chi connectivity index (χ1n) is 6.67. The van der Waals surface area contributed by atoms with Gasteiger partial charge in [0.05, 0.1) is 7.11 Å². The maximum absolute atomic E-state index is 5.42. The highest BCUT2D eigenvalue weighted by Gasteiger charge is 2.17. The molecule has 1 saturated heterocycles. The van der Waals surface area contributed by atoms with Gasteiger partial charge in [0, 0.05) is 6.04 Å². The van der Waals surface area contributed by atoms with Crippen molar-refractivity contribution in [3.05, 3.63) is 29.8 Å². The molecular weight excluding hydrogens is 246 g/mol. The van der Waals surface area contributed by atoms with Crippen LogP contribution in [0.4, 0.5) is 0 Å². The Balaban J connectivity index is 0.00000162. The normalized spacial score (nSPS) is 17.9. The molecule has 1 atom stereocenters. The van der Waals surface area contributed by atoms with Crippen LogP contribution in [0, 0.1) is 0 Å². The van der Waals surface area contributed by atoms with Gasteiger partial charge in [0.1, 0.15) is 5.75 Å². The summed E-state index contributed by atoms with van der Waals surface area (Å²) in [6.45, 7) is 4.85. The van der Waals surface area contributed by atoms with E-state index in [1.165, 1.54) is 37.9 Å². The number of para-hydroxylation sites is 1. The zero-order valence-corrected chi connectivity index (χ0v) is 12.2. The summed E-state index contributed by atoms with van der Waals surface area (Å²) in [4.78, 5) is 2.61. The van der Waals surface area contributed by atoms with E-state index in [9.17, 15) is 0 Å². The molecule has 0 spiro atoms. The third-order valence-corrected chi connectivity index (χ3v) is 3.72. The summed E-state index contributed by atoms with van der Waals surface area (Å²) < 4.78 is 5.42. The molecule has 0 aromatic heterocycles. The van der Waals surface area contributed by atoms with Gasteiger partial charge in [-0.05, 0) is 50.9 Å². The molecule has 1 fully saturated rings. The van der Waals surface area contributed by atoms with Crippen molar-refractivity contribution in [2.24, 2.45) is 0 Å². The molecule has 1 aromatic carbocycles. The van der Waals surface area contributed by atoms with Gasteiger partial charge in [0.2, 0.25) is 0 Å². The average Bonchev–Trinajstić information content (AvgIpc) is 2.40. The van der Waals surface area contributed by atoms with Crippen LogP contribution in [0.5, 0.6) is 5.75 Å². The third-order valence-electron chi connectivity index (χ3n) is 3.72. The van der Waals surface area contributed by atoms with E-state index in [1.807, 2.05) is 6.07 Å². The van der Waals surface area contributed by atoms with Crippen LogP contribution in [0.2, 0.25) is 0 Å². The second-order valence-corrected chi connectivity index (χ2v) is 4.96. The number of hydrogen-bond donors (Lipinski definition) is 0. The van der Waals surface area contributed by atoms with Crippen molar-refractivity contribution in [2.75, 3.05) is 20.2 Å². The number of halogens is 1. The van der Waals surface area contributed by atoms with Crippen molar-refractivity contribution < 1.29 is 4.74 Å². The molecule has 1 heterocycles. The van der Waals surface area contributed by atoms with Crippen LogP contribution in [0.3, 0.4) is 0 Å². The summed E-state index contributed by atoms with van der Waals surface area (Å²) in [6.07, 6.45) is 5.20. The quantitative estimate of drug-likeness (QED) is 0.829. The van der Waals surface area contributed by atoms with Crippen LogP contribution in [-0.2, 0) is 6.42 Å². The minimum atomic E-state index is 0. The zero-order chi connectivity index (χ0) is 12.1. The molecule has 1 aliphatic heterocycles. The number of nitrogens with zero attached hydrogens (tertiary/aromatic N) is 1. The lowest BCUT2D eigenvalue weighted by Gasteiger charge is -2.32. The minimum absolute atomic E-state index is 0.